The summed E-state index contributed by atoms with van der Waals surface area (Å²) in [5.74, 6) is 6.89. The normalized spacial score (nSPS) is 13.5. The molecule has 0 unspecified atom stereocenters. The van der Waals surface area contributed by atoms with E-state index < -0.39 is 0 Å². The minimum absolute atomic E-state index is 0.156. The molecule has 0 aliphatic carbocycles. The van der Waals surface area contributed by atoms with E-state index in [0.717, 1.165) is 48.9 Å². The molecule has 0 spiro atoms. The fourth-order valence-electron chi connectivity index (χ4n) is 4.23. The van der Waals surface area contributed by atoms with Gasteiger partial charge in [0.05, 0.1) is 16.5 Å². The molecular weight excluding hydrogens is 513 g/mol. The van der Waals surface area contributed by atoms with Crippen LogP contribution in [0.1, 0.15) is 41.0 Å². The summed E-state index contributed by atoms with van der Waals surface area (Å²) in [4.78, 5) is 18.4. The quantitative estimate of drug-likeness (QED) is 0.220. The number of piperidine rings is 1. The predicted molar refractivity (Wildman–Crippen MR) is 146 cm³/mol. The molecule has 1 aliphatic rings. The van der Waals surface area contributed by atoms with Crippen molar-refractivity contribution >= 4 is 40.9 Å². The van der Waals surface area contributed by atoms with Crippen molar-refractivity contribution in [2.75, 3.05) is 25.9 Å². The van der Waals surface area contributed by atoms with Crippen molar-refractivity contribution in [3.63, 3.8) is 0 Å². The highest BCUT2D eigenvalue weighted by Gasteiger charge is 2.28. The molecule has 1 aromatic heterocycles. The van der Waals surface area contributed by atoms with Gasteiger partial charge in [0.2, 0.25) is 0 Å². The molecule has 36 heavy (non-hydrogen) atoms. The van der Waals surface area contributed by atoms with Crippen molar-refractivity contribution in [3.8, 4) is 34.3 Å². The molecule has 0 radical (unpaired) electrons. The third kappa shape index (κ3) is 5.72. The number of nitriles is 1. The second kappa shape index (κ2) is 11.9. The molecule has 1 fully saturated rings. The molecule has 2 aromatic carbocycles. The van der Waals surface area contributed by atoms with Crippen molar-refractivity contribution in [2.45, 2.75) is 26.2 Å². The lowest BCUT2D eigenvalue weighted by Crippen LogP contribution is -2.46. The first-order valence-corrected chi connectivity index (χ1v) is 13.3. The van der Waals surface area contributed by atoms with Gasteiger partial charge in [0.1, 0.15) is 11.2 Å². The Morgan fingerprint density at radius 3 is 2.53 bits per heavy atom. The number of hydrogen-bond donors (Lipinski definition) is 0. The number of thioether (sulfide) groups is 1. The SMILES string of the molecule is Cc1c(C(=O)N(C)N2CCCCC2)nc(-c2ccc(Cl)cc2Cl)n1-c1ccc(C#CCSC#N)cc1. The second-order valence-electron chi connectivity index (χ2n) is 8.40. The fourth-order valence-corrected chi connectivity index (χ4v) is 4.93. The van der Waals surface area contributed by atoms with Crippen LogP contribution in [0.5, 0.6) is 0 Å². The Balaban J connectivity index is 1.76. The summed E-state index contributed by atoms with van der Waals surface area (Å²) < 4.78 is 1.94. The number of carbonyl (C=O) groups excluding carboxylic acids is 1. The van der Waals surface area contributed by atoms with E-state index >= 15 is 0 Å². The molecule has 4 rings (SSSR count). The third-order valence-electron chi connectivity index (χ3n) is 6.10. The third-order valence-corrected chi connectivity index (χ3v) is 7.07. The van der Waals surface area contributed by atoms with Crippen LogP contribution < -0.4 is 0 Å². The van der Waals surface area contributed by atoms with Crippen LogP contribution >= 0.6 is 35.0 Å². The molecule has 184 valence electrons. The molecule has 1 aliphatic heterocycles. The molecule has 3 aromatic rings. The van der Waals surface area contributed by atoms with E-state index in [0.29, 0.717) is 38.6 Å². The van der Waals surface area contributed by atoms with Gasteiger partial charge in [0.25, 0.3) is 5.91 Å². The van der Waals surface area contributed by atoms with Gasteiger partial charge in [-0.05, 0) is 74.0 Å². The van der Waals surface area contributed by atoms with Gasteiger partial charge >= 0.3 is 0 Å². The number of benzene rings is 2. The van der Waals surface area contributed by atoms with Crippen LogP contribution in [0.3, 0.4) is 0 Å². The van der Waals surface area contributed by atoms with Gasteiger partial charge in [-0.25, -0.2) is 9.99 Å². The predicted octanol–water partition coefficient (Wildman–Crippen LogP) is 6.19. The Morgan fingerprint density at radius 2 is 1.86 bits per heavy atom. The zero-order chi connectivity index (χ0) is 25.7. The largest absolute Gasteiger partial charge is 0.296 e. The summed E-state index contributed by atoms with van der Waals surface area (Å²) in [6.45, 7) is 3.60. The molecular formula is C27H25Cl2N5OS. The summed E-state index contributed by atoms with van der Waals surface area (Å²) in [5, 5.41) is 15.4. The lowest BCUT2D eigenvalue weighted by atomic mass is 10.1. The second-order valence-corrected chi connectivity index (χ2v) is 10.0. The van der Waals surface area contributed by atoms with E-state index in [1.807, 2.05) is 47.2 Å². The maximum Gasteiger partial charge on any atom is 0.288 e. The number of hydrazine groups is 1. The van der Waals surface area contributed by atoms with Crippen LogP contribution in [0, 0.1) is 29.4 Å². The average molecular weight is 539 g/mol. The van der Waals surface area contributed by atoms with E-state index in [1.54, 1.807) is 24.2 Å². The van der Waals surface area contributed by atoms with E-state index in [2.05, 4.69) is 16.8 Å². The summed E-state index contributed by atoms with van der Waals surface area (Å²) in [7, 11) is 1.80. The number of hydrogen-bond acceptors (Lipinski definition) is 5. The molecule has 0 N–H and O–H groups in total. The zero-order valence-electron chi connectivity index (χ0n) is 20.1. The van der Waals surface area contributed by atoms with Crippen molar-refractivity contribution < 1.29 is 4.79 Å². The van der Waals surface area contributed by atoms with Crippen LogP contribution in [-0.4, -0.2) is 51.4 Å². The Kier molecular flexibility index (Phi) is 8.61. The molecule has 0 saturated carbocycles. The maximum atomic E-state index is 13.6. The van der Waals surface area contributed by atoms with Crippen molar-refractivity contribution in [1.29, 1.82) is 5.26 Å². The lowest BCUT2D eigenvalue weighted by Gasteiger charge is -2.34. The number of halogens is 2. The number of aromatic nitrogens is 2. The van der Waals surface area contributed by atoms with Gasteiger partial charge in [-0.2, -0.15) is 5.26 Å². The number of imidazole rings is 1. The fraction of sp³-hybridized carbons (Fsp3) is 0.296. The number of carbonyl (C=O) groups is 1. The highest BCUT2D eigenvalue weighted by Crippen LogP contribution is 2.33. The molecule has 1 saturated heterocycles. The number of nitrogens with zero attached hydrogens (tertiary/aromatic N) is 5. The van der Waals surface area contributed by atoms with Crippen LogP contribution in [-0.2, 0) is 0 Å². The van der Waals surface area contributed by atoms with Crippen molar-refractivity contribution in [1.82, 2.24) is 19.6 Å². The summed E-state index contributed by atoms with van der Waals surface area (Å²) in [6, 6.07) is 12.9. The van der Waals surface area contributed by atoms with Gasteiger partial charge < -0.3 is 0 Å². The molecule has 9 heteroatoms. The van der Waals surface area contributed by atoms with E-state index in [1.165, 1.54) is 6.42 Å². The smallest absolute Gasteiger partial charge is 0.288 e. The molecule has 1 amide bonds. The van der Waals surface area contributed by atoms with Crippen LogP contribution in [0.15, 0.2) is 42.5 Å². The van der Waals surface area contributed by atoms with E-state index in [4.69, 9.17) is 33.4 Å². The topological polar surface area (TPSA) is 65.2 Å². The number of thiocyanates is 1. The van der Waals surface area contributed by atoms with Gasteiger partial charge in [-0.15, -0.1) is 0 Å². The Hall–Kier alpha value is -2.94. The highest BCUT2D eigenvalue weighted by atomic mass is 35.5. The summed E-state index contributed by atoms with van der Waals surface area (Å²) >= 11 is 13.8. The lowest BCUT2D eigenvalue weighted by molar-refractivity contribution is -0.00546. The van der Waals surface area contributed by atoms with Crippen molar-refractivity contribution in [3.05, 3.63) is 69.5 Å². The van der Waals surface area contributed by atoms with Crippen LogP contribution in [0.4, 0.5) is 0 Å². The van der Waals surface area contributed by atoms with Gasteiger partial charge in [0.15, 0.2) is 5.69 Å². The van der Waals surface area contributed by atoms with Crippen LogP contribution in [0.2, 0.25) is 10.0 Å². The number of amides is 1. The van der Waals surface area contributed by atoms with E-state index in [-0.39, 0.29) is 5.91 Å². The highest BCUT2D eigenvalue weighted by molar-refractivity contribution is 8.03. The first kappa shape index (κ1) is 26.1. The standard InChI is InChI=1S/C27H25Cl2N5OS/c1-19-25(27(35)32(2)33-14-4-3-5-15-33)31-26(23-13-10-21(28)17-24(23)29)34(19)22-11-8-20(9-12-22)7-6-16-36-18-30/h8-13,17H,3-5,14-16H2,1-2H3. The Bertz CT molecular complexity index is 1360. The van der Waals surface area contributed by atoms with E-state index in [9.17, 15) is 4.79 Å². The monoisotopic (exact) mass is 537 g/mol. The average Bonchev–Trinajstić information content (AvgIpc) is 3.23. The number of rotatable bonds is 5. The molecule has 6 nitrogen and oxygen atoms in total. The van der Waals surface area contributed by atoms with Gasteiger partial charge in [0, 0.05) is 42.0 Å². The first-order valence-electron chi connectivity index (χ1n) is 11.6. The summed E-state index contributed by atoms with van der Waals surface area (Å²) in [6.07, 6.45) is 3.32. The molecule has 0 bridgehead atoms. The minimum atomic E-state index is -0.156. The van der Waals surface area contributed by atoms with Crippen molar-refractivity contribution in [2.24, 2.45) is 0 Å². The molecule has 2 heterocycles. The maximum absolute atomic E-state index is 13.6. The van der Waals surface area contributed by atoms with Gasteiger partial charge in [-0.3, -0.25) is 14.4 Å². The Labute approximate surface area is 225 Å². The van der Waals surface area contributed by atoms with Crippen LogP contribution in [0.25, 0.3) is 17.1 Å². The zero-order valence-corrected chi connectivity index (χ0v) is 22.4. The summed E-state index contributed by atoms with van der Waals surface area (Å²) in [5.41, 5.74) is 3.44. The van der Waals surface area contributed by atoms with Gasteiger partial charge in [-0.1, -0.05) is 41.5 Å². The minimum Gasteiger partial charge on any atom is -0.296 e. The first-order chi connectivity index (χ1) is 17.4. The Morgan fingerprint density at radius 1 is 1.14 bits per heavy atom. The molecule has 0 atom stereocenters.